The summed E-state index contributed by atoms with van der Waals surface area (Å²) in [6.07, 6.45) is 2.57. The van der Waals surface area contributed by atoms with Gasteiger partial charge in [0.2, 0.25) is 0 Å². The van der Waals surface area contributed by atoms with E-state index < -0.39 is 0 Å². The van der Waals surface area contributed by atoms with Crippen molar-refractivity contribution in [2.45, 2.75) is 26.2 Å². The van der Waals surface area contributed by atoms with Crippen LogP contribution in [0.15, 0.2) is 48.5 Å². The summed E-state index contributed by atoms with van der Waals surface area (Å²) in [5, 5.41) is 0. The van der Waals surface area contributed by atoms with E-state index in [1.165, 1.54) is 5.56 Å². The summed E-state index contributed by atoms with van der Waals surface area (Å²) >= 11 is 0. The Kier molecular flexibility index (Phi) is 3.92. The molecule has 17 heavy (non-hydrogen) atoms. The van der Waals surface area contributed by atoms with Gasteiger partial charge in [0.15, 0.2) is 0 Å². The zero-order chi connectivity index (χ0) is 12.1. The Balaban J connectivity index is 2.14. The van der Waals surface area contributed by atoms with Gasteiger partial charge in [-0.15, -0.1) is 0 Å². The molecule has 0 saturated heterocycles. The van der Waals surface area contributed by atoms with Crippen LogP contribution in [0, 0.1) is 5.82 Å². The van der Waals surface area contributed by atoms with Gasteiger partial charge in [-0.1, -0.05) is 49.4 Å². The van der Waals surface area contributed by atoms with E-state index in [0.717, 1.165) is 30.4 Å². The van der Waals surface area contributed by atoms with Gasteiger partial charge in [-0.25, -0.2) is 4.39 Å². The normalized spacial score (nSPS) is 10.5. The first kappa shape index (κ1) is 11.8. The van der Waals surface area contributed by atoms with Crippen molar-refractivity contribution in [2.75, 3.05) is 0 Å². The van der Waals surface area contributed by atoms with E-state index in [-0.39, 0.29) is 5.82 Å². The Bertz CT molecular complexity index is 474. The van der Waals surface area contributed by atoms with Crippen LogP contribution < -0.4 is 0 Å². The van der Waals surface area contributed by atoms with Gasteiger partial charge < -0.3 is 0 Å². The molecule has 0 nitrogen and oxygen atoms in total. The Hall–Kier alpha value is -1.63. The molecule has 0 unspecified atom stereocenters. The number of hydrogen-bond donors (Lipinski definition) is 0. The Morgan fingerprint density at radius 2 is 1.65 bits per heavy atom. The minimum absolute atomic E-state index is 0.0692. The third-order valence-corrected chi connectivity index (χ3v) is 3.10. The number of benzene rings is 2. The molecule has 2 rings (SSSR count). The highest BCUT2D eigenvalue weighted by Gasteiger charge is 2.06. The molecule has 0 heterocycles. The van der Waals surface area contributed by atoms with E-state index in [9.17, 15) is 4.39 Å². The van der Waals surface area contributed by atoms with Gasteiger partial charge in [0.1, 0.15) is 5.82 Å². The van der Waals surface area contributed by atoms with Gasteiger partial charge >= 0.3 is 0 Å². The second-order valence-corrected chi connectivity index (χ2v) is 4.22. The molecule has 0 amide bonds. The summed E-state index contributed by atoms with van der Waals surface area (Å²) in [7, 11) is 0. The number of aryl methyl sites for hydroxylation is 2. The zero-order valence-corrected chi connectivity index (χ0v) is 10.1. The molecule has 0 spiro atoms. The molecule has 0 fully saturated rings. The van der Waals surface area contributed by atoms with Gasteiger partial charge in [0.25, 0.3) is 0 Å². The maximum atomic E-state index is 13.7. The summed E-state index contributed by atoms with van der Waals surface area (Å²) in [6, 6.07) is 15.6. The molecule has 0 saturated carbocycles. The van der Waals surface area contributed by atoms with Gasteiger partial charge in [-0.3, -0.25) is 0 Å². The monoisotopic (exact) mass is 228 g/mol. The van der Waals surface area contributed by atoms with Crippen LogP contribution in [0.4, 0.5) is 4.39 Å². The molecule has 2 aromatic carbocycles. The number of hydrogen-bond acceptors (Lipinski definition) is 0. The summed E-state index contributed by atoms with van der Waals surface area (Å²) in [5.74, 6) is -0.0692. The van der Waals surface area contributed by atoms with Gasteiger partial charge in [-0.05, 0) is 42.0 Å². The molecule has 0 radical (unpaired) electrons. The van der Waals surface area contributed by atoms with Crippen LogP contribution >= 0.6 is 0 Å². The Morgan fingerprint density at radius 3 is 2.35 bits per heavy atom. The van der Waals surface area contributed by atoms with Crippen molar-refractivity contribution in [3.63, 3.8) is 0 Å². The van der Waals surface area contributed by atoms with Crippen LogP contribution in [-0.2, 0) is 19.3 Å². The van der Waals surface area contributed by atoms with Crippen LogP contribution in [0.1, 0.15) is 23.6 Å². The second kappa shape index (κ2) is 5.62. The van der Waals surface area contributed by atoms with Crippen LogP contribution in [0.3, 0.4) is 0 Å². The van der Waals surface area contributed by atoms with Crippen LogP contribution in [0.5, 0.6) is 0 Å². The first-order chi connectivity index (χ1) is 8.31. The van der Waals surface area contributed by atoms with Crippen LogP contribution in [-0.4, -0.2) is 0 Å². The van der Waals surface area contributed by atoms with Gasteiger partial charge in [0.05, 0.1) is 0 Å². The minimum atomic E-state index is -0.0692. The Morgan fingerprint density at radius 1 is 0.882 bits per heavy atom. The van der Waals surface area contributed by atoms with Crippen molar-refractivity contribution in [3.8, 4) is 0 Å². The highest BCUT2D eigenvalue weighted by atomic mass is 19.1. The Labute approximate surface area is 102 Å². The number of rotatable bonds is 4. The van der Waals surface area contributed by atoms with Crippen LogP contribution in [0.2, 0.25) is 0 Å². The maximum absolute atomic E-state index is 13.7. The predicted molar refractivity (Wildman–Crippen MR) is 69.6 cm³/mol. The van der Waals surface area contributed by atoms with Gasteiger partial charge in [-0.2, -0.15) is 0 Å². The molecule has 0 atom stereocenters. The standard InChI is InChI=1S/C16H17F/c1-2-14-9-6-10-16(17)15(14)12-11-13-7-4-3-5-8-13/h3-10H,2,11-12H2,1H3. The zero-order valence-electron chi connectivity index (χ0n) is 10.1. The van der Waals surface area contributed by atoms with Crippen LogP contribution in [0.25, 0.3) is 0 Å². The number of halogens is 1. The fourth-order valence-electron chi connectivity index (χ4n) is 2.13. The lowest BCUT2D eigenvalue weighted by molar-refractivity contribution is 0.605. The molecular formula is C16H17F. The predicted octanol–water partition coefficient (Wildman–Crippen LogP) is 4.17. The summed E-state index contributed by atoms with van der Waals surface area (Å²) in [6.45, 7) is 2.07. The average molecular weight is 228 g/mol. The second-order valence-electron chi connectivity index (χ2n) is 4.22. The van der Waals surface area contributed by atoms with E-state index >= 15 is 0 Å². The topological polar surface area (TPSA) is 0 Å². The molecule has 0 aliphatic carbocycles. The average Bonchev–Trinajstić information content (AvgIpc) is 2.38. The fourth-order valence-corrected chi connectivity index (χ4v) is 2.13. The van der Waals surface area contributed by atoms with Crippen molar-refractivity contribution in [1.29, 1.82) is 0 Å². The molecule has 0 aromatic heterocycles. The molecule has 0 N–H and O–H groups in total. The summed E-state index contributed by atoms with van der Waals surface area (Å²) in [4.78, 5) is 0. The molecule has 1 heteroatoms. The first-order valence-electron chi connectivity index (χ1n) is 6.11. The quantitative estimate of drug-likeness (QED) is 0.736. The summed E-state index contributed by atoms with van der Waals surface area (Å²) < 4.78 is 13.7. The highest BCUT2D eigenvalue weighted by molar-refractivity contribution is 5.30. The lowest BCUT2D eigenvalue weighted by Gasteiger charge is -2.09. The van der Waals surface area contributed by atoms with Crippen molar-refractivity contribution >= 4 is 0 Å². The molecular weight excluding hydrogens is 211 g/mol. The lowest BCUT2D eigenvalue weighted by Crippen LogP contribution is -1.99. The van der Waals surface area contributed by atoms with E-state index in [1.807, 2.05) is 24.3 Å². The third kappa shape index (κ3) is 2.94. The minimum Gasteiger partial charge on any atom is -0.207 e. The first-order valence-corrected chi connectivity index (χ1v) is 6.11. The van der Waals surface area contributed by atoms with Gasteiger partial charge in [0, 0.05) is 0 Å². The van der Waals surface area contributed by atoms with E-state index in [0.29, 0.717) is 0 Å². The van der Waals surface area contributed by atoms with E-state index in [1.54, 1.807) is 12.1 Å². The van der Waals surface area contributed by atoms with E-state index in [2.05, 4.69) is 19.1 Å². The molecule has 0 aliphatic heterocycles. The van der Waals surface area contributed by atoms with Crippen molar-refractivity contribution in [2.24, 2.45) is 0 Å². The van der Waals surface area contributed by atoms with Crippen molar-refractivity contribution < 1.29 is 4.39 Å². The lowest BCUT2D eigenvalue weighted by atomic mass is 9.98. The third-order valence-electron chi connectivity index (χ3n) is 3.10. The fraction of sp³-hybridized carbons (Fsp3) is 0.250. The molecule has 0 bridgehead atoms. The van der Waals surface area contributed by atoms with E-state index in [4.69, 9.17) is 0 Å². The smallest absolute Gasteiger partial charge is 0.126 e. The molecule has 88 valence electrons. The van der Waals surface area contributed by atoms with Crippen molar-refractivity contribution in [3.05, 3.63) is 71.0 Å². The summed E-state index contributed by atoms with van der Waals surface area (Å²) in [5.41, 5.74) is 3.26. The van der Waals surface area contributed by atoms with Crippen molar-refractivity contribution in [1.82, 2.24) is 0 Å². The maximum Gasteiger partial charge on any atom is 0.126 e. The molecule has 2 aromatic rings. The molecule has 0 aliphatic rings. The highest BCUT2D eigenvalue weighted by Crippen LogP contribution is 2.17. The largest absolute Gasteiger partial charge is 0.207 e. The SMILES string of the molecule is CCc1cccc(F)c1CCc1ccccc1.